The average molecular weight is 542 g/mol. The molecule has 0 amide bonds. The molecule has 0 aliphatic heterocycles. The van der Waals surface area contributed by atoms with Crippen LogP contribution < -0.4 is 11.2 Å². The number of carbonyl (C=O) groups is 2. The number of aliphatic carboxylic acids is 1. The fraction of sp³-hybridized carbons (Fsp3) is 0.167. The molecule has 0 aliphatic carbocycles. The minimum absolute atomic E-state index is 0.0699. The van der Waals surface area contributed by atoms with Gasteiger partial charge in [0.1, 0.15) is 5.76 Å². The van der Waals surface area contributed by atoms with E-state index >= 15 is 0 Å². The van der Waals surface area contributed by atoms with E-state index in [1.807, 2.05) is 0 Å². The van der Waals surface area contributed by atoms with Crippen molar-refractivity contribution in [3.05, 3.63) is 109 Å². The van der Waals surface area contributed by atoms with E-state index < -0.39 is 70.9 Å². The van der Waals surface area contributed by atoms with E-state index in [4.69, 9.17) is 5.11 Å². The van der Waals surface area contributed by atoms with Crippen LogP contribution in [0, 0.1) is 0 Å². The van der Waals surface area contributed by atoms with Gasteiger partial charge >= 0.3 is 24.0 Å². The molecule has 14 heteroatoms. The van der Waals surface area contributed by atoms with E-state index in [-0.39, 0.29) is 17.2 Å². The van der Waals surface area contributed by atoms with Crippen molar-refractivity contribution in [2.75, 3.05) is 0 Å². The van der Waals surface area contributed by atoms with Crippen LogP contribution in [0.25, 0.3) is 5.76 Å². The van der Waals surface area contributed by atoms with Crippen molar-refractivity contribution in [3.63, 3.8) is 0 Å². The lowest BCUT2D eigenvalue weighted by molar-refractivity contribution is -0.146. The van der Waals surface area contributed by atoms with E-state index in [9.17, 15) is 50.6 Å². The Morgan fingerprint density at radius 1 is 0.763 bits per heavy atom. The normalized spacial score (nSPS) is 12.4. The number of alkyl halides is 6. The number of carboxylic acids is 1. The highest BCUT2D eigenvalue weighted by Crippen LogP contribution is 2.30. The molecule has 0 spiro atoms. The Balaban J connectivity index is 2.11. The number of ketones is 1. The highest BCUT2D eigenvalue weighted by atomic mass is 19.4. The van der Waals surface area contributed by atoms with Crippen LogP contribution in [0.5, 0.6) is 0 Å². The van der Waals surface area contributed by atoms with Crippen LogP contribution in [-0.2, 0) is 35.0 Å². The first kappa shape index (κ1) is 28.0. The third-order valence-corrected chi connectivity index (χ3v) is 5.25. The standard InChI is InChI=1S/C24H16F6N2O6/c25-23(26,27)15-5-1-13(2-6-15)10-31-12-17(18(33)9-19(34)21(36)37)20(35)32(22(31)38)11-14-3-7-16(8-4-14)24(28,29)30/h1-9,12,33H,10-11H2,(H,36,37). The van der Waals surface area contributed by atoms with Crippen LogP contribution >= 0.6 is 0 Å². The third-order valence-electron chi connectivity index (χ3n) is 5.25. The first-order chi connectivity index (χ1) is 17.6. The maximum atomic E-state index is 13.1. The van der Waals surface area contributed by atoms with Crippen molar-refractivity contribution in [3.8, 4) is 0 Å². The number of aromatic nitrogens is 2. The molecular formula is C24H16F6N2O6. The van der Waals surface area contributed by atoms with Crippen molar-refractivity contribution >= 4 is 17.5 Å². The van der Waals surface area contributed by atoms with Gasteiger partial charge in [-0.05, 0) is 35.4 Å². The van der Waals surface area contributed by atoms with Gasteiger partial charge in [0, 0.05) is 12.3 Å². The largest absolute Gasteiger partial charge is 0.507 e. The first-order valence-corrected chi connectivity index (χ1v) is 10.4. The molecular weight excluding hydrogens is 526 g/mol. The SMILES string of the molecule is O=C(O)C(=O)C=C(O)c1cn(Cc2ccc(C(F)(F)F)cc2)c(=O)n(Cc2ccc(C(F)(F)F)cc2)c1=O. The van der Waals surface area contributed by atoms with Crippen molar-refractivity contribution in [1.82, 2.24) is 9.13 Å². The topological polar surface area (TPSA) is 119 Å². The molecule has 38 heavy (non-hydrogen) atoms. The van der Waals surface area contributed by atoms with Crippen LogP contribution in [0.1, 0.15) is 27.8 Å². The van der Waals surface area contributed by atoms with Crippen LogP contribution in [0.4, 0.5) is 26.3 Å². The van der Waals surface area contributed by atoms with E-state index in [0.717, 1.165) is 47.2 Å². The molecule has 0 aliphatic rings. The molecule has 0 bridgehead atoms. The number of aliphatic hydroxyl groups is 1. The summed E-state index contributed by atoms with van der Waals surface area (Å²) < 4.78 is 78.4. The van der Waals surface area contributed by atoms with Gasteiger partial charge in [0.25, 0.3) is 11.3 Å². The Labute approximate surface area is 208 Å². The number of hydrogen-bond acceptors (Lipinski definition) is 5. The molecule has 2 N–H and O–H groups in total. The van der Waals surface area contributed by atoms with Crippen LogP contribution in [0.2, 0.25) is 0 Å². The number of hydrogen-bond donors (Lipinski definition) is 2. The summed E-state index contributed by atoms with van der Waals surface area (Å²) in [6.07, 6.45) is -8.26. The zero-order chi connectivity index (χ0) is 28.4. The predicted octanol–water partition coefficient (Wildman–Crippen LogP) is 3.70. The summed E-state index contributed by atoms with van der Waals surface area (Å²) >= 11 is 0. The summed E-state index contributed by atoms with van der Waals surface area (Å²) in [4.78, 5) is 48.3. The van der Waals surface area contributed by atoms with Gasteiger partial charge in [-0.25, -0.2) is 9.59 Å². The minimum Gasteiger partial charge on any atom is -0.507 e. The molecule has 0 saturated heterocycles. The molecule has 0 radical (unpaired) electrons. The number of nitrogens with zero attached hydrogens (tertiary/aromatic N) is 2. The van der Waals surface area contributed by atoms with Gasteiger partial charge in [0.05, 0.1) is 29.8 Å². The molecule has 1 aromatic heterocycles. The van der Waals surface area contributed by atoms with Gasteiger partial charge in [-0.1, -0.05) is 24.3 Å². The molecule has 3 aromatic rings. The fourth-order valence-corrected chi connectivity index (χ4v) is 3.32. The fourth-order valence-electron chi connectivity index (χ4n) is 3.32. The maximum Gasteiger partial charge on any atom is 0.416 e. The predicted molar refractivity (Wildman–Crippen MR) is 119 cm³/mol. The number of halogens is 6. The lowest BCUT2D eigenvalue weighted by Crippen LogP contribution is -2.41. The second-order valence-electron chi connectivity index (χ2n) is 7.93. The number of carboxylic acid groups (broad SMARTS) is 1. The molecule has 0 saturated carbocycles. The van der Waals surface area contributed by atoms with Gasteiger partial charge in [-0.2, -0.15) is 26.3 Å². The summed E-state index contributed by atoms with van der Waals surface area (Å²) in [7, 11) is 0. The Morgan fingerprint density at radius 3 is 1.63 bits per heavy atom. The lowest BCUT2D eigenvalue weighted by Gasteiger charge is -2.14. The Hall–Kier alpha value is -4.62. The summed E-state index contributed by atoms with van der Waals surface area (Å²) in [5.41, 5.74) is -4.68. The highest BCUT2D eigenvalue weighted by Gasteiger charge is 2.31. The summed E-state index contributed by atoms with van der Waals surface area (Å²) in [5.74, 6) is -4.68. The second-order valence-corrected chi connectivity index (χ2v) is 7.93. The Kier molecular flexibility index (Phi) is 7.65. The Morgan fingerprint density at radius 2 is 1.21 bits per heavy atom. The zero-order valence-electron chi connectivity index (χ0n) is 18.9. The Bertz CT molecular complexity index is 1510. The number of benzene rings is 2. The second kappa shape index (κ2) is 10.4. The van der Waals surface area contributed by atoms with Gasteiger partial charge in [-0.3, -0.25) is 18.7 Å². The van der Waals surface area contributed by atoms with Gasteiger partial charge in [-0.15, -0.1) is 0 Å². The first-order valence-electron chi connectivity index (χ1n) is 10.4. The number of aliphatic hydroxyl groups excluding tert-OH is 1. The van der Waals surface area contributed by atoms with Gasteiger partial charge in [0.2, 0.25) is 0 Å². The van der Waals surface area contributed by atoms with Crippen molar-refractivity contribution in [1.29, 1.82) is 0 Å². The summed E-state index contributed by atoms with van der Waals surface area (Å²) in [5, 5.41) is 19.0. The van der Waals surface area contributed by atoms with Gasteiger partial charge in [0.15, 0.2) is 0 Å². The van der Waals surface area contributed by atoms with Crippen LogP contribution in [0.15, 0.2) is 70.4 Å². The number of carbonyl (C=O) groups excluding carboxylic acids is 1. The quantitative estimate of drug-likeness (QED) is 0.204. The van der Waals surface area contributed by atoms with Crippen molar-refractivity contribution in [2.45, 2.75) is 25.4 Å². The number of rotatable bonds is 7. The molecule has 0 unspecified atom stereocenters. The van der Waals surface area contributed by atoms with E-state index in [1.54, 1.807) is 0 Å². The average Bonchev–Trinajstić information content (AvgIpc) is 2.82. The highest BCUT2D eigenvalue weighted by molar-refractivity contribution is 6.38. The van der Waals surface area contributed by atoms with Crippen LogP contribution in [0.3, 0.4) is 0 Å². The maximum absolute atomic E-state index is 13.1. The molecule has 3 rings (SSSR count). The van der Waals surface area contributed by atoms with Gasteiger partial charge < -0.3 is 10.2 Å². The van der Waals surface area contributed by atoms with E-state index in [0.29, 0.717) is 16.7 Å². The summed E-state index contributed by atoms with van der Waals surface area (Å²) in [6.45, 7) is -1.01. The van der Waals surface area contributed by atoms with E-state index in [2.05, 4.69) is 0 Å². The van der Waals surface area contributed by atoms with E-state index in [1.165, 1.54) is 0 Å². The monoisotopic (exact) mass is 542 g/mol. The molecule has 200 valence electrons. The molecule has 8 nitrogen and oxygen atoms in total. The molecule has 0 atom stereocenters. The zero-order valence-corrected chi connectivity index (χ0v) is 18.9. The lowest BCUT2D eigenvalue weighted by atomic mass is 10.1. The molecule has 2 aromatic carbocycles. The smallest absolute Gasteiger partial charge is 0.416 e. The molecule has 1 heterocycles. The molecule has 0 fully saturated rings. The third kappa shape index (κ3) is 6.38. The van der Waals surface area contributed by atoms with Crippen LogP contribution in [-0.4, -0.2) is 31.1 Å². The minimum atomic E-state index is -4.64. The van der Waals surface area contributed by atoms with Crippen molar-refractivity contribution < 1.29 is 46.1 Å². The summed E-state index contributed by atoms with van der Waals surface area (Å²) in [6, 6.07) is 7.07. The van der Waals surface area contributed by atoms with Crippen molar-refractivity contribution in [2.24, 2.45) is 0 Å².